The highest BCUT2D eigenvalue weighted by atomic mass is 32.2. The van der Waals surface area contributed by atoms with E-state index in [1.54, 1.807) is 33.5 Å². The van der Waals surface area contributed by atoms with Gasteiger partial charge in [-0.2, -0.15) is 16.9 Å². The molecule has 1 aromatic heterocycles. The highest BCUT2D eigenvalue weighted by Crippen LogP contribution is 2.36. The van der Waals surface area contributed by atoms with Crippen molar-refractivity contribution in [1.82, 2.24) is 19.6 Å². The molecule has 0 radical (unpaired) electrons. The van der Waals surface area contributed by atoms with E-state index in [1.807, 2.05) is 0 Å². The van der Waals surface area contributed by atoms with Gasteiger partial charge in [0.15, 0.2) is 0 Å². The van der Waals surface area contributed by atoms with Crippen LogP contribution in [0.1, 0.15) is 18.2 Å². The number of fused-ring (bicyclic) bond motifs is 1. The molecule has 0 aliphatic carbocycles. The maximum Gasteiger partial charge on any atom is 0.315 e. The Morgan fingerprint density at radius 1 is 1.14 bits per heavy atom. The molecule has 1 fully saturated rings. The summed E-state index contributed by atoms with van der Waals surface area (Å²) in [6.45, 7) is 5.66. The van der Waals surface area contributed by atoms with Crippen molar-refractivity contribution in [1.29, 1.82) is 0 Å². The van der Waals surface area contributed by atoms with Crippen LogP contribution < -0.4 is 5.32 Å². The lowest BCUT2D eigenvalue weighted by atomic mass is 10.2. The molecule has 0 atom stereocenters. The fourth-order valence-electron chi connectivity index (χ4n) is 3.48. The molecule has 0 saturated carbocycles. The van der Waals surface area contributed by atoms with Crippen LogP contribution in [-0.2, 0) is 21.1 Å². The Balaban J connectivity index is 1.55. The summed E-state index contributed by atoms with van der Waals surface area (Å²) >= 11 is 1.71. The average Bonchev–Trinajstić information content (AvgIpc) is 3.31. The second-order valence-electron chi connectivity index (χ2n) is 6.84. The molecule has 3 heterocycles. The first-order valence-corrected chi connectivity index (χ1v) is 10.5. The third-order valence-electron chi connectivity index (χ3n) is 5.16. The fourth-order valence-corrected chi connectivity index (χ4v) is 4.52. The van der Waals surface area contributed by atoms with E-state index in [0.29, 0.717) is 24.6 Å². The van der Waals surface area contributed by atoms with Crippen LogP contribution in [0.15, 0.2) is 24.3 Å². The van der Waals surface area contributed by atoms with E-state index < -0.39 is 11.8 Å². The van der Waals surface area contributed by atoms with E-state index in [0.717, 1.165) is 42.4 Å². The highest BCUT2D eigenvalue weighted by molar-refractivity contribution is 7.98. The Labute approximate surface area is 166 Å². The van der Waals surface area contributed by atoms with E-state index in [2.05, 4.69) is 22.2 Å². The largest absolute Gasteiger partial charge is 0.332 e. The molecule has 0 unspecified atom stereocenters. The molecule has 2 aromatic rings. The standard InChI is InChI=1S/C19H22FN5O2S/c1-2-23-7-9-24(10-8-23)19(27)18(26)21-17-15-11-28-12-16(15)22-25(17)14-5-3-13(20)4-6-14/h3-6H,2,7-12H2,1H3,(H,21,26). The Morgan fingerprint density at radius 3 is 2.54 bits per heavy atom. The van der Waals surface area contributed by atoms with Crippen LogP contribution in [0.5, 0.6) is 0 Å². The van der Waals surface area contributed by atoms with Gasteiger partial charge in [0.2, 0.25) is 0 Å². The van der Waals surface area contributed by atoms with Crippen LogP contribution >= 0.6 is 11.8 Å². The summed E-state index contributed by atoms with van der Waals surface area (Å²) in [5.41, 5.74) is 2.44. The van der Waals surface area contributed by atoms with Crippen LogP contribution in [0, 0.1) is 5.82 Å². The Bertz CT molecular complexity index is 890. The second-order valence-corrected chi connectivity index (χ2v) is 7.82. The highest BCUT2D eigenvalue weighted by Gasteiger charge is 2.29. The zero-order valence-electron chi connectivity index (χ0n) is 15.7. The number of anilines is 1. The number of nitrogens with one attached hydrogen (secondary N) is 1. The lowest BCUT2D eigenvalue weighted by molar-refractivity contribution is -0.144. The predicted octanol–water partition coefficient (Wildman–Crippen LogP) is 1.86. The molecule has 1 saturated heterocycles. The van der Waals surface area contributed by atoms with Crippen molar-refractivity contribution in [2.75, 3.05) is 38.0 Å². The summed E-state index contributed by atoms with van der Waals surface area (Å²) < 4.78 is 14.9. The smallest absolute Gasteiger partial charge is 0.315 e. The van der Waals surface area contributed by atoms with Crippen LogP contribution in [-0.4, -0.2) is 64.1 Å². The second kappa shape index (κ2) is 7.92. The van der Waals surface area contributed by atoms with Crippen LogP contribution in [0.25, 0.3) is 5.69 Å². The summed E-state index contributed by atoms with van der Waals surface area (Å²) in [5, 5.41) is 7.34. The minimum atomic E-state index is -0.659. The number of hydrogen-bond acceptors (Lipinski definition) is 5. The minimum Gasteiger partial charge on any atom is -0.332 e. The van der Waals surface area contributed by atoms with Crippen molar-refractivity contribution in [2.45, 2.75) is 18.4 Å². The first-order chi connectivity index (χ1) is 13.6. The van der Waals surface area contributed by atoms with Crippen LogP contribution in [0.4, 0.5) is 10.2 Å². The van der Waals surface area contributed by atoms with Gasteiger partial charge in [-0.15, -0.1) is 0 Å². The Hall–Kier alpha value is -2.39. The number of hydrogen-bond donors (Lipinski definition) is 1. The number of carbonyl (C=O) groups is 2. The van der Waals surface area contributed by atoms with Crippen molar-refractivity contribution in [3.05, 3.63) is 41.3 Å². The lowest BCUT2D eigenvalue weighted by Gasteiger charge is -2.33. The molecule has 9 heteroatoms. The molecule has 28 heavy (non-hydrogen) atoms. The van der Waals surface area contributed by atoms with E-state index in [1.165, 1.54) is 12.1 Å². The summed E-state index contributed by atoms with van der Waals surface area (Å²) in [6.07, 6.45) is 0. The quantitative estimate of drug-likeness (QED) is 0.793. The number of amides is 2. The number of thioether (sulfide) groups is 1. The van der Waals surface area contributed by atoms with Gasteiger partial charge in [-0.3, -0.25) is 9.59 Å². The number of carbonyl (C=O) groups excluding carboxylic acids is 2. The van der Waals surface area contributed by atoms with Crippen molar-refractivity contribution in [3.63, 3.8) is 0 Å². The predicted molar refractivity (Wildman–Crippen MR) is 106 cm³/mol. The van der Waals surface area contributed by atoms with E-state index in [4.69, 9.17) is 0 Å². The van der Waals surface area contributed by atoms with Crippen molar-refractivity contribution >= 4 is 29.4 Å². The SMILES string of the molecule is CCN1CCN(C(=O)C(=O)Nc2c3c(nn2-c2ccc(F)cc2)CSC3)CC1. The van der Waals surface area contributed by atoms with Crippen LogP contribution in [0.3, 0.4) is 0 Å². The summed E-state index contributed by atoms with van der Waals surface area (Å²) in [5.74, 6) is 0.438. The molecule has 1 aromatic carbocycles. The average molecular weight is 403 g/mol. The normalized spacial score (nSPS) is 16.9. The lowest BCUT2D eigenvalue weighted by Crippen LogP contribution is -2.51. The van der Waals surface area contributed by atoms with E-state index in [9.17, 15) is 14.0 Å². The minimum absolute atomic E-state index is 0.342. The van der Waals surface area contributed by atoms with E-state index in [-0.39, 0.29) is 5.82 Å². The van der Waals surface area contributed by atoms with Crippen LogP contribution in [0.2, 0.25) is 0 Å². The molecule has 7 nitrogen and oxygen atoms in total. The van der Waals surface area contributed by atoms with Crippen molar-refractivity contribution in [2.24, 2.45) is 0 Å². The zero-order valence-corrected chi connectivity index (χ0v) is 16.5. The van der Waals surface area contributed by atoms with Gasteiger partial charge in [0.05, 0.1) is 11.4 Å². The van der Waals surface area contributed by atoms with Gasteiger partial charge in [-0.05, 0) is 30.8 Å². The summed E-state index contributed by atoms with van der Waals surface area (Å²) in [7, 11) is 0. The van der Waals surface area contributed by atoms with Crippen molar-refractivity contribution in [3.8, 4) is 5.69 Å². The molecule has 2 aliphatic heterocycles. The molecule has 148 valence electrons. The molecule has 4 rings (SSSR count). The molecular formula is C19H22FN5O2S. The monoisotopic (exact) mass is 403 g/mol. The number of halogens is 1. The Kier molecular flexibility index (Phi) is 5.36. The van der Waals surface area contributed by atoms with Gasteiger partial charge >= 0.3 is 11.8 Å². The fraction of sp³-hybridized carbons (Fsp3) is 0.421. The van der Waals surface area contributed by atoms with Gasteiger partial charge in [-0.25, -0.2) is 9.07 Å². The first-order valence-electron chi connectivity index (χ1n) is 9.34. The van der Waals surface area contributed by atoms with Gasteiger partial charge < -0.3 is 15.1 Å². The third kappa shape index (κ3) is 3.64. The number of nitrogens with zero attached hydrogens (tertiary/aromatic N) is 4. The van der Waals surface area contributed by atoms with Gasteiger partial charge in [0, 0.05) is 43.2 Å². The molecule has 0 bridgehead atoms. The van der Waals surface area contributed by atoms with Gasteiger partial charge in [-0.1, -0.05) is 6.92 Å². The number of aromatic nitrogens is 2. The third-order valence-corrected chi connectivity index (χ3v) is 6.13. The maximum absolute atomic E-state index is 13.3. The summed E-state index contributed by atoms with van der Waals surface area (Å²) in [6, 6.07) is 5.90. The molecule has 1 N–H and O–H groups in total. The number of rotatable bonds is 3. The number of benzene rings is 1. The van der Waals surface area contributed by atoms with E-state index >= 15 is 0 Å². The molecule has 2 aliphatic rings. The Morgan fingerprint density at radius 2 is 1.86 bits per heavy atom. The maximum atomic E-state index is 13.3. The summed E-state index contributed by atoms with van der Waals surface area (Å²) in [4.78, 5) is 29.1. The first kappa shape index (κ1) is 18.9. The molecule has 2 amide bonds. The molecule has 0 spiro atoms. The van der Waals surface area contributed by atoms with Gasteiger partial charge in [0.1, 0.15) is 11.6 Å². The van der Waals surface area contributed by atoms with Gasteiger partial charge in [0.25, 0.3) is 0 Å². The van der Waals surface area contributed by atoms with Crippen molar-refractivity contribution < 1.29 is 14.0 Å². The zero-order chi connectivity index (χ0) is 19.7. The number of likely N-dealkylation sites (N-methyl/N-ethyl adjacent to an activating group) is 1. The number of piperazine rings is 1. The molecular weight excluding hydrogens is 381 g/mol. The topological polar surface area (TPSA) is 70.5 Å².